The third-order valence-electron chi connectivity index (χ3n) is 5.29. The Bertz CT molecular complexity index is 971. The Morgan fingerprint density at radius 3 is 2.64 bits per heavy atom. The zero-order chi connectivity index (χ0) is 19.7. The second kappa shape index (κ2) is 7.41. The van der Waals surface area contributed by atoms with Crippen LogP contribution in [0.15, 0.2) is 42.6 Å². The Kier molecular flexibility index (Phi) is 4.95. The van der Waals surface area contributed by atoms with Gasteiger partial charge in [-0.2, -0.15) is 10.1 Å². The Morgan fingerprint density at radius 1 is 1.25 bits per heavy atom. The molecule has 0 bridgehead atoms. The van der Waals surface area contributed by atoms with Crippen molar-refractivity contribution in [3.05, 3.63) is 59.0 Å². The molecule has 1 fully saturated rings. The summed E-state index contributed by atoms with van der Waals surface area (Å²) in [6, 6.07) is 10.5. The molecule has 0 aliphatic carbocycles. The van der Waals surface area contributed by atoms with Crippen molar-refractivity contribution in [1.29, 1.82) is 0 Å². The molecule has 1 aliphatic heterocycles. The fourth-order valence-corrected chi connectivity index (χ4v) is 3.94. The van der Waals surface area contributed by atoms with Crippen LogP contribution in [0.5, 0.6) is 5.88 Å². The number of halogens is 2. The number of anilines is 1. The van der Waals surface area contributed by atoms with Gasteiger partial charge in [0.1, 0.15) is 16.7 Å². The minimum atomic E-state index is -0.690. The molecule has 0 radical (unpaired) electrons. The van der Waals surface area contributed by atoms with Gasteiger partial charge in [0, 0.05) is 36.0 Å². The Hall–Kier alpha value is -2.64. The number of piperidine rings is 1. The molecule has 0 saturated carbocycles. The van der Waals surface area contributed by atoms with Crippen molar-refractivity contribution >= 4 is 17.4 Å². The summed E-state index contributed by atoms with van der Waals surface area (Å²) in [6.45, 7) is 1.29. The van der Waals surface area contributed by atoms with Crippen LogP contribution in [0.3, 0.4) is 0 Å². The second-order valence-electron chi connectivity index (χ2n) is 6.94. The normalized spacial score (nSPS) is 16.2. The van der Waals surface area contributed by atoms with Gasteiger partial charge in [-0.05, 0) is 31.0 Å². The first-order chi connectivity index (χ1) is 13.5. The van der Waals surface area contributed by atoms with E-state index in [1.165, 1.54) is 13.2 Å². The number of pyridine rings is 1. The van der Waals surface area contributed by atoms with Crippen molar-refractivity contribution in [2.24, 2.45) is 5.73 Å². The first kappa shape index (κ1) is 18.7. The second-order valence-corrected chi connectivity index (χ2v) is 7.32. The molecule has 3 heterocycles. The molecule has 1 aromatic carbocycles. The molecule has 1 aliphatic rings. The lowest BCUT2D eigenvalue weighted by Gasteiger charge is -2.40. The molecular formula is C20H21ClFN5O. The van der Waals surface area contributed by atoms with Crippen LogP contribution in [0.1, 0.15) is 18.4 Å². The molecule has 1 saturated heterocycles. The van der Waals surface area contributed by atoms with Gasteiger partial charge in [0.25, 0.3) is 0 Å². The van der Waals surface area contributed by atoms with Gasteiger partial charge in [0.15, 0.2) is 0 Å². The molecule has 3 N–H and O–H groups in total. The van der Waals surface area contributed by atoms with Crippen LogP contribution in [0.2, 0.25) is 5.02 Å². The predicted molar refractivity (Wildman–Crippen MR) is 107 cm³/mol. The molecule has 146 valence electrons. The molecule has 28 heavy (non-hydrogen) atoms. The van der Waals surface area contributed by atoms with Gasteiger partial charge in [-0.3, -0.25) is 5.10 Å². The largest absolute Gasteiger partial charge is 0.480 e. The van der Waals surface area contributed by atoms with E-state index in [1.807, 2.05) is 18.2 Å². The van der Waals surface area contributed by atoms with E-state index in [4.69, 9.17) is 22.1 Å². The highest BCUT2D eigenvalue weighted by molar-refractivity contribution is 6.34. The van der Waals surface area contributed by atoms with E-state index >= 15 is 0 Å². The summed E-state index contributed by atoms with van der Waals surface area (Å²) >= 11 is 6.44. The number of nitrogens with one attached hydrogen (secondary N) is 1. The molecule has 4 rings (SSSR count). The molecule has 0 atom stereocenters. The van der Waals surface area contributed by atoms with Crippen molar-refractivity contribution < 1.29 is 9.13 Å². The number of ether oxygens (including phenoxy) is 1. The van der Waals surface area contributed by atoms with Crippen molar-refractivity contribution in [2.75, 3.05) is 25.1 Å². The van der Waals surface area contributed by atoms with Gasteiger partial charge in [0.05, 0.1) is 12.8 Å². The van der Waals surface area contributed by atoms with E-state index in [0.717, 1.165) is 17.1 Å². The average molecular weight is 402 g/mol. The summed E-state index contributed by atoms with van der Waals surface area (Å²) < 4.78 is 19.6. The zero-order valence-electron chi connectivity index (χ0n) is 15.5. The van der Waals surface area contributed by atoms with E-state index in [0.29, 0.717) is 42.4 Å². The van der Waals surface area contributed by atoms with Gasteiger partial charge < -0.3 is 15.4 Å². The van der Waals surface area contributed by atoms with Crippen molar-refractivity contribution in [2.45, 2.75) is 18.4 Å². The lowest BCUT2D eigenvalue weighted by molar-refractivity contribution is 0.328. The number of benzene rings is 1. The first-order valence-corrected chi connectivity index (χ1v) is 9.43. The number of methoxy groups -OCH3 is 1. The molecule has 6 nitrogen and oxygen atoms in total. The summed E-state index contributed by atoms with van der Waals surface area (Å²) in [6.07, 6.45) is 2.89. The quantitative estimate of drug-likeness (QED) is 0.696. The summed E-state index contributed by atoms with van der Waals surface area (Å²) in [5.41, 5.74) is 7.98. The van der Waals surface area contributed by atoms with Crippen LogP contribution < -0.4 is 15.4 Å². The average Bonchev–Trinajstić information content (AvgIpc) is 3.24. The van der Waals surface area contributed by atoms with E-state index in [2.05, 4.69) is 20.1 Å². The Morgan fingerprint density at radius 2 is 2.00 bits per heavy atom. The number of hydrogen-bond donors (Lipinski definition) is 2. The van der Waals surface area contributed by atoms with E-state index in [-0.39, 0.29) is 5.82 Å². The summed E-state index contributed by atoms with van der Waals surface area (Å²) in [4.78, 5) is 6.66. The Balaban J connectivity index is 1.61. The van der Waals surface area contributed by atoms with Crippen LogP contribution in [0, 0.1) is 5.82 Å². The molecular weight excluding hydrogens is 381 g/mol. The highest BCUT2D eigenvalue weighted by Gasteiger charge is 2.35. The number of aromatic nitrogens is 3. The maximum Gasteiger partial charge on any atom is 0.234 e. The van der Waals surface area contributed by atoms with Crippen LogP contribution in [-0.4, -0.2) is 35.4 Å². The number of nitrogens with zero attached hydrogens (tertiary/aromatic N) is 3. The topological polar surface area (TPSA) is 80.1 Å². The fourth-order valence-electron chi connectivity index (χ4n) is 3.66. The van der Waals surface area contributed by atoms with Crippen LogP contribution in [-0.2, 0) is 5.54 Å². The van der Waals surface area contributed by atoms with Gasteiger partial charge in [0.2, 0.25) is 5.88 Å². The summed E-state index contributed by atoms with van der Waals surface area (Å²) in [5.74, 6) is 0.829. The lowest BCUT2D eigenvalue weighted by Crippen LogP contribution is -2.49. The Labute approximate surface area is 167 Å². The molecule has 0 spiro atoms. The first-order valence-electron chi connectivity index (χ1n) is 9.05. The standard InChI is InChI=1S/C20H21ClFN5O/c1-28-19-18(21)13(16-6-9-24-26-16)12-17(25-19)27-10-7-20(23,8-11-27)14-4-2-3-5-15(14)22/h2-6,9,12H,7-8,10-11,23H2,1H3,(H,24,26). The van der Waals surface area contributed by atoms with Crippen molar-refractivity contribution in [1.82, 2.24) is 15.2 Å². The minimum absolute atomic E-state index is 0.258. The van der Waals surface area contributed by atoms with E-state index in [9.17, 15) is 4.39 Å². The summed E-state index contributed by atoms with van der Waals surface area (Å²) in [7, 11) is 1.54. The fraction of sp³-hybridized carbons (Fsp3) is 0.300. The lowest BCUT2D eigenvalue weighted by atomic mass is 9.81. The molecule has 2 aromatic heterocycles. The van der Waals surface area contributed by atoms with Crippen LogP contribution in [0.4, 0.5) is 10.2 Å². The number of hydrogen-bond acceptors (Lipinski definition) is 5. The molecule has 3 aromatic rings. The van der Waals surface area contributed by atoms with Crippen LogP contribution >= 0.6 is 11.6 Å². The smallest absolute Gasteiger partial charge is 0.234 e. The minimum Gasteiger partial charge on any atom is -0.480 e. The van der Waals surface area contributed by atoms with Gasteiger partial charge in [-0.1, -0.05) is 29.8 Å². The highest BCUT2D eigenvalue weighted by atomic mass is 35.5. The van der Waals surface area contributed by atoms with Gasteiger partial charge >= 0.3 is 0 Å². The number of aromatic amines is 1. The third-order valence-corrected chi connectivity index (χ3v) is 5.65. The highest BCUT2D eigenvalue weighted by Crippen LogP contribution is 2.38. The van der Waals surface area contributed by atoms with Gasteiger partial charge in [-0.25, -0.2) is 4.39 Å². The van der Waals surface area contributed by atoms with E-state index < -0.39 is 5.54 Å². The monoisotopic (exact) mass is 401 g/mol. The predicted octanol–water partition coefficient (Wildman–Crippen LogP) is 3.73. The number of H-pyrrole nitrogens is 1. The number of nitrogens with two attached hydrogens (primary N) is 1. The third kappa shape index (κ3) is 3.31. The maximum absolute atomic E-state index is 14.2. The van der Waals surface area contributed by atoms with Gasteiger partial charge in [-0.15, -0.1) is 0 Å². The maximum atomic E-state index is 14.2. The molecule has 8 heteroatoms. The zero-order valence-corrected chi connectivity index (χ0v) is 16.2. The molecule has 0 amide bonds. The van der Waals surface area contributed by atoms with Crippen molar-refractivity contribution in [3.63, 3.8) is 0 Å². The number of rotatable bonds is 4. The van der Waals surface area contributed by atoms with Crippen molar-refractivity contribution in [3.8, 4) is 17.1 Å². The van der Waals surface area contributed by atoms with Crippen LogP contribution in [0.25, 0.3) is 11.3 Å². The summed E-state index contributed by atoms with van der Waals surface area (Å²) in [5, 5.41) is 7.33. The van der Waals surface area contributed by atoms with E-state index in [1.54, 1.807) is 18.3 Å². The molecule has 0 unspecified atom stereocenters. The SMILES string of the molecule is COc1nc(N2CCC(N)(c3ccccc3F)CC2)cc(-c2ccn[nH]2)c1Cl.